The molecule has 0 saturated heterocycles. The highest BCUT2D eigenvalue weighted by Gasteiger charge is 2.03. The fourth-order valence-corrected chi connectivity index (χ4v) is 2.38. The van der Waals surface area contributed by atoms with E-state index < -0.39 is 0 Å². The second-order valence-electron chi connectivity index (χ2n) is 6.64. The van der Waals surface area contributed by atoms with Crippen LogP contribution in [-0.4, -0.2) is 45.0 Å². The molecule has 5 heteroatoms. The first kappa shape index (κ1) is 22.6. The number of carbonyl (C=O) groups excluding carboxylic acids is 1. The van der Waals surface area contributed by atoms with E-state index in [-0.39, 0.29) is 5.97 Å². The Hall–Kier alpha value is -1.43. The van der Waals surface area contributed by atoms with Crippen LogP contribution in [-0.2, 0) is 25.6 Å². The molecule has 1 aromatic rings. The van der Waals surface area contributed by atoms with Crippen LogP contribution >= 0.6 is 0 Å². The molecule has 0 amide bonds. The highest BCUT2D eigenvalue weighted by Crippen LogP contribution is 2.06. The molecule has 5 nitrogen and oxygen atoms in total. The molecule has 148 valence electrons. The number of nitrogens with one attached hydrogen (secondary N) is 1. The Morgan fingerprint density at radius 3 is 2.35 bits per heavy atom. The summed E-state index contributed by atoms with van der Waals surface area (Å²) < 4.78 is 16.3. The standard InChI is InChI=1S/C21H35NO4/c1-19(2)22-13-15-25-17-16-24-14-9-4-3-8-12-21(23)26-18-20-10-6-5-7-11-20/h5-7,10-11,19,22H,3-4,8-9,12-18H2,1-2H3. The third-order valence-electron chi connectivity index (χ3n) is 3.83. The van der Waals surface area contributed by atoms with Crippen molar-refractivity contribution in [2.75, 3.05) is 33.0 Å². The maximum atomic E-state index is 11.7. The molecule has 0 radical (unpaired) electrons. The number of rotatable bonds is 16. The van der Waals surface area contributed by atoms with Gasteiger partial charge in [0, 0.05) is 25.6 Å². The Balaban J connectivity index is 1.79. The number of hydrogen-bond donors (Lipinski definition) is 1. The minimum atomic E-state index is -0.116. The largest absolute Gasteiger partial charge is 0.461 e. The fourth-order valence-electron chi connectivity index (χ4n) is 2.38. The average Bonchev–Trinajstić information content (AvgIpc) is 2.64. The maximum Gasteiger partial charge on any atom is 0.306 e. The Morgan fingerprint density at radius 2 is 1.62 bits per heavy atom. The summed E-state index contributed by atoms with van der Waals surface area (Å²) in [6, 6.07) is 10.3. The van der Waals surface area contributed by atoms with Crippen LogP contribution in [0.25, 0.3) is 0 Å². The zero-order valence-electron chi connectivity index (χ0n) is 16.4. The zero-order valence-corrected chi connectivity index (χ0v) is 16.4. The summed E-state index contributed by atoms with van der Waals surface area (Å²) in [7, 11) is 0. The van der Waals surface area contributed by atoms with Crippen LogP contribution in [0.1, 0.15) is 51.5 Å². The van der Waals surface area contributed by atoms with Crippen LogP contribution in [0.3, 0.4) is 0 Å². The molecule has 1 aromatic carbocycles. The van der Waals surface area contributed by atoms with E-state index >= 15 is 0 Å². The van der Waals surface area contributed by atoms with Gasteiger partial charge in [0.15, 0.2) is 0 Å². The monoisotopic (exact) mass is 365 g/mol. The molecule has 0 unspecified atom stereocenters. The topological polar surface area (TPSA) is 56.8 Å². The van der Waals surface area contributed by atoms with Crippen molar-refractivity contribution in [3.05, 3.63) is 35.9 Å². The lowest BCUT2D eigenvalue weighted by Crippen LogP contribution is -2.27. The molecule has 0 fully saturated rings. The van der Waals surface area contributed by atoms with Gasteiger partial charge in [-0.15, -0.1) is 0 Å². The summed E-state index contributed by atoms with van der Waals surface area (Å²) in [5, 5.41) is 3.30. The van der Waals surface area contributed by atoms with E-state index in [9.17, 15) is 4.79 Å². The number of esters is 1. The lowest BCUT2D eigenvalue weighted by atomic mass is 10.1. The lowest BCUT2D eigenvalue weighted by Gasteiger charge is -2.09. The Kier molecular flexibility index (Phi) is 13.7. The van der Waals surface area contributed by atoms with Gasteiger partial charge in [-0.3, -0.25) is 4.79 Å². The Morgan fingerprint density at radius 1 is 0.923 bits per heavy atom. The van der Waals surface area contributed by atoms with E-state index in [0.717, 1.165) is 51.0 Å². The van der Waals surface area contributed by atoms with Gasteiger partial charge in [0.05, 0.1) is 19.8 Å². The molecule has 1 N–H and O–H groups in total. The van der Waals surface area contributed by atoms with Crippen LogP contribution in [0, 0.1) is 0 Å². The highest BCUT2D eigenvalue weighted by molar-refractivity contribution is 5.69. The van der Waals surface area contributed by atoms with Crippen molar-refractivity contribution < 1.29 is 19.0 Å². The van der Waals surface area contributed by atoms with Crippen molar-refractivity contribution >= 4 is 5.97 Å². The second kappa shape index (κ2) is 15.8. The van der Waals surface area contributed by atoms with Gasteiger partial charge in [0.1, 0.15) is 6.61 Å². The van der Waals surface area contributed by atoms with Gasteiger partial charge in [-0.2, -0.15) is 0 Å². The molecule has 0 bridgehead atoms. The predicted molar refractivity (Wildman–Crippen MR) is 104 cm³/mol. The van der Waals surface area contributed by atoms with Gasteiger partial charge >= 0.3 is 5.97 Å². The summed E-state index contributed by atoms with van der Waals surface area (Å²) in [5.41, 5.74) is 1.03. The number of benzene rings is 1. The van der Waals surface area contributed by atoms with Crippen LogP contribution in [0.2, 0.25) is 0 Å². The first-order valence-corrected chi connectivity index (χ1v) is 9.77. The Labute approximate surface area is 158 Å². The minimum Gasteiger partial charge on any atom is -0.461 e. The number of ether oxygens (including phenoxy) is 3. The molecule has 0 aliphatic rings. The van der Waals surface area contributed by atoms with Gasteiger partial charge in [-0.1, -0.05) is 57.0 Å². The van der Waals surface area contributed by atoms with E-state index in [0.29, 0.717) is 32.3 Å². The molecule has 0 heterocycles. The summed E-state index contributed by atoms with van der Waals surface area (Å²) in [5.74, 6) is -0.116. The minimum absolute atomic E-state index is 0.116. The summed E-state index contributed by atoms with van der Waals surface area (Å²) >= 11 is 0. The Bertz CT molecular complexity index is 451. The molecule has 0 aliphatic heterocycles. The summed E-state index contributed by atoms with van der Waals surface area (Å²) in [6.07, 6.45) is 4.49. The third-order valence-corrected chi connectivity index (χ3v) is 3.83. The molecule has 0 saturated carbocycles. The van der Waals surface area contributed by atoms with E-state index in [2.05, 4.69) is 19.2 Å². The number of hydrogen-bond acceptors (Lipinski definition) is 5. The zero-order chi connectivity index (χ0) is 18.9. The molecule has 1 rings (SSSR count). The maximum absolute atomic E-state index is 11.7. The molecule has 0 aliphatic carbocycles. The van der Waals surface area contributed by atoms with Crippen molar-refractivity contribution in [1.82, 2.24) is 5.32 Å². The van der Waals surface area contributed by atoms with Crippen molar-refractivity contribution in [1.29, 1.82) is 0 Å². The predicted octanol–water partition coefficient (Wildman–Crippen LogP) is 3.71. The quantitative estimate of drug-likeness (QED) is 0.357. The lowest BCUT2D eigenvalue weighted by molar-refractivity contribution is -0.145. The smallest absolute Gasteiger partial charge is 0.306 e. The molecule has 26 heavy (non-hydrogen) atoms. The van der Waals surface area contributed by atoms with Gasteiger partial charge in [-0.05, 0) is 18.4 Å². The van der Waals surface area contributed by atoms with Crippen molar-refractivity contribution in [3.8, 4) is 0 Å². The van der Waals surface area contributed by atoms with Crippen molar-refractivity contribution in [3.63, 3.8) is 0 Å². The van der Waals surface area contributed by atoms with Gasteiger partial charge in [-0.25, -0.2) is 0 Å². The number of carbonyl (C=O) groups is 1. The van der Waals surface area contributed by atoms with E-state index in [1.54, 1.807) is 0 Å². The van der Waals surface area contributed by atoms with E-state index in [1.165, 1.54) is 0 Å². The first-order chi connectivity index (χ1) is 12.7. The third kappa shape index (κ3) is 13.8. The number of unbranched alkanes of at least 4 members (excludes halogenated alkanes) is 3. The van der Waals surface area contributed by atoms with Crippen LogP contribution < -0.4 is 5.32 Å². The van der Waals surface area contributed by atoms with Gasteiger partial charge in [0.2, 0.25) is 0 Å². The van der Waals surface area contributed by atoms with Gasteiger partial charge in [0.25, 0.3) is 0 Å². The molecule has 0 aromatic heterocycles. The molecule has 0 atom stereocenters. The summed E-state index contributed by atoms with van der Waals surface area (Å²) in [6.45, 7) is 8.26. The SMILES string of the molecule is CC(C)NCCOCCOCCCCCCC(=O)OCc1ccccc1. The summed E-state index contributed by atoms with van der Waals surface area (Å²) in [4.78, 5) is 11.7. The normalized spacial score (nSPS) is 11.0. The fraction of sp³-hybridized carbons (Fsp3) is 0.667. The molecular weight excluding hydrogens is 330 g/mol. The first-order valence-electron chi connectivity index (χ1n) is 9.77. The van der Waals surface area contributed by atoms with Crippen molar-refractivity contribution in [2.24, 2.45) is 0 Å². The second-order valence-corrected chi connectivity index (χ2v) is 6.64. The van der Waals surface area contributed by atoms with Gasteiger partial charge < -0.3 is 19.5 Å². The van der Waals surface area contributed by atoms with Crippen LogP contribution in [0.4, 0.5) is 0 Å². The highest BCUT2D eigenvalue weighted by atomic mass is 16.5. The van der Waals surface area contributed by atoms with E-state index in [1.807, 2.05) is 30.3 Å². The molecule has 0 spiro atoms. The van der Waals surface area contributed by atoms with Crippen molar-refractivity contribution in [2.45, 2.75) is 58.6 Å². The van der Waals surface area contributed by atoms with Crippen LogP contribution in [0.15, 0.2) is 30.3 Å². The van der Waals surface area contributed by atoms with Crippen LogP contribution in [0.5, 0.6) is 0 Å². The molecular formula is C21H35NO4. The van der Waals surface area contributed by atoms with E-state index in [4.69, 9.17) is 14.2 Å². The average molecular weight is 366 g/mol.